The summed E-state index contributed by atoms with van der Waals surface area (Å²) in [5.41, 5.74) is 1.76. The average Bonchev–Trinajstić information content (AvgIpc) is 2.53. The van der Waals surface area contributed by atoms with Crippen molar-refractivity contribution in [1.82, 2.24) is 4.90 Å². The van der Waals surface area contributed by atoms with Gasteiger partial charge in [0.1, 0.15) is 5.69 Å². The van der Waals surface area contributed by atoms with Gasteiger partial charge < -0.3 is 4.48 Å². The van der Waals surface area contributed by atoms with E-state index in [-0.39, 0.29) is 0 Å². The first-order valence-corrected chi connectivity index (χ1v) is 9.68. The molecule has 2 aliphatic rings. The number of thioether (sulfide) groups is 1. The van der Waals surface area contributed by atoms with Crippen LogP contribution in [-0.2, 0) is 6.42 Å². The standard InChI is InChI=1S/C18H28N3OS/c1-15-13-21(14-16(2)23-15)10-8-20(9-11-21)7-6-17-4-3-5-18(12-17)19-22/h3-5,12,15-16H,6-11,13-14H2,1-2H3/q+1. The SMILES string of the molecule is CC1C[N+]2(CCN(CCc3cccc(N=O)c3)CC2)CC(C)S1. The van der Waals surface area contributed by atoms with E-state index in [1.54, 1.807) is 6.07 Å². The van der Waals surface area contributed by atoms with Gasteiger partial charge in [-0.3, -0.25) is 4.90 Å². The van der Waals surface area contributed by atoms with Crippen molar-refractivity contribution in [3.8, 4) is 0 Å². The number of quaternary nitrogens is 1. The van der Waals surface area contributed by atoms with Gasteiger partial charge in [-0.15, -0.1) is 16.7 Å². The van der Waals surface area contributed by atoms with Crippen molar-refractivity contribution < 1.29 is 4.48 Å². The third-order valence-electron chi connectivity index (χ3n) is 5.27. The van der Waals surface area contributed by atoms with Crippen molar-refractivity contribution in [2.24, 2.45) is 5.18 Å². The predicted molar refractivity (Wildman–Crippen MR) is 98.3 cm³/mol. The van der Waals surface area contributed by atoms with Crippen LogP contribution in [0.5, 0.6) is 0 Å². The first-order chi connectivity index (χ1) is 11.1. The number of hydrogen-bond acceptors (Lipinski definition) is 4. The molecule has 0 saturated carbocycles. The molecule has 0 bridgehead atoms. The van der Waals surface area contributed by atoms with E-state index in [4.69, 9.17) is 0 Å². The van der Waals surface area contributed by atoms with Crippen molar-refractivity contribution in [2.45, 2.75) is 30.8 Å². The van der Waals surface area contributed by atoms with Crippen molar-refractivity contribution in [2.75, 3.05) is 45.8 Å². The molecular weight excluding hydrogens is 306 g/mol. The average molecular weight is 335 g/mol. The maximum absolute atomic E-state index is 10.6. The smallest absolute Gasteiger partial charge is 0.108 e. The molecule has 5 heteroatoms. The van der Waals surface area contributed by atoms with Gasteiger partial charge in [0.2, 0.25) is 0 Å². The van der Waals surface area contributed by atoms with Crippen LogP contribution in [0.3, 0.4) is 0 Å². The lowest BCUT2D eigenvalue weighted by Crippen LogP contribution is -2.65. The Morgan fingerprint density at radius 3 is 2.57 bits per heavy atom. The van der Waals surface area contributed by atoms with Gasteiger partial charge in [-0.25, -0.2) is 0 Å². The largest absolute Gasteiger partial charge is 0.320 e. The van der Waals surface area contributed by atoms with Gasteiger partial charge in [-0.05, 0) is 43.1 Å². The van der Waals surface area contributed by atoms with Crippen LogP contribution in [0.25, 0.3) is 0 Å². The van der Waals surface area contributed by atoms with E-state index in [1.165, 1.54) is 49.3 Å². The molecule has 2 fully saturated rings. The Balaban J connectivity index is 1.50. The third kappa shape index (κ3) is 4.34. The highest BCUT2D eigenvalue weighted by Gasteiger charge is 2.39. The molecule has 4 nitrogen and oxygen atoms in total. The fraction of sp³-hybridized carbons (Fsp3) is 0.667. The fourth-order valence-electron chi connectivity index (χ4n) is 4.22. The molecule has 0 aromatic heterocycles. The topological polar surface area (TPSA) is 32.7 Å². The first-order valence-electron chi connectivity index (χ1n) is 8.74. The van der Waals surface area contributed by atoms with Crippen molar-refractivity contribution in [1.29, 1.82) is 0 Å². The van der Waals surface area contributed by atoms with E-state index >= 15 is 0 Å². The molecule has 23 heavy (non-hydrogen) atoms. The fourth-order valence-corrected chi connectivity index (χ4v) is 5.82. The number of piperazine rings is 1. The molecule has 0 radical (unpaired) electrons. The highest BCUT2D eigenvalue weighted by molar-refractivity contribution is 8.00. The monoisotopic (exact) mass is 334 g/mol. The molecule has 0 N–H and O–H groups in total. The van der Waals surface area contributed by atoms with Crippen molar-refractivity contribution >= 4 is 17.4 Å². The maximum atomic E-state index is 10.6. The van der Waals surface area contributed by atoms with Gasteiger partial charge in [0.05, 0.1) is 36.7 Å². The van der Waals surface area contributed by atoms with E-state index in [0.29, 0.717) is 5.69 Å². The third-order valence-corrected chi connectivity index (χ3v) is 6.49. The first kappa shape index (κ1) is 16.9. The van der Waals surface area contributed by atoms with Gasteiger partial charge in [-0.1, -0.05) is 12.1 Å². The lowest BCUT2D eigenvalue weighted by atomic mass is 10.1. The number of nitrogens with zero attached hydrogens (tertiary/aromatic N) is 3. The van der Waals surface area contributed by atoms with Crippen LogP contribution < -0.4 is 0 Å². The Labute approximate surface area is 143 Å². The van der Waals surface area contributed by atoms with Crippen LogP contribution in [0, 0.1) is 4.91 Å². The van der Waals surface area contributed by atoms with E-state index in [2.05, 4.69) is 41.8 Å². The summed E-state index contributed by atoms with van der Waals surface area (Å²) in [6, 6.07) is 7.70. The van der Waals surface area contributed by atoms with Gasteiger partial charge in [-0.2, -0.15) is 0 Å². The van der Waals surface area contributed by atoms with Gasteiger partial charge >= 0.3 is 0 Å². The Morgan fingerprint density at radius 1 is 1.22 bits per heavy atom. The number of nitroso groups, excluding NO2 is 1. The summed E-state index contributed by atoms with van der Waals surface area (Å²) >= 11 is 2.16. The van der Waals surface area contributed by atoms with Crippen LogP contribution in [0.1, 0.15) is 19.4 Å². The van der Waals surface area contributed by atoms with Crippen LogP contribution >= 0.6 is 11.8 Å². The molecule has 0 aliphatic carbocycles. The van der Waals surface area contributed by atoms with Crippen LogP contribution in [0.4, 0.5) is 5.69 Å². The Bertz CT molecular complexity index is 531. The van der Waals surface area contributed by atoms with Crippen LogP contribution in [0.15, 0.2) is 29.4 Å². The highest BCUT2D eigenvalue weighted by atomic mass is 32.2. The molecule has 2 aliphatic heterocycles. The number of benzene rings is 1. The van der Waals surface area contributed by atoms with Crippen LogP contribution in [-0.4, -0.2) is 65.7 Å². The van der Waals surface area contributed by atoms with Gasteiger partial charge in [0.15, 0.2) is 0 Å². The Morgan fingerprint density at radius 2 is 1.91 bits per heavy atom. The molecule has 2 unspecified atom stereocenters. The summed E-state index contributed by atoms with van der Waals surface area (Å²) in [6.07, 6.45) is 1.01. The molecule has 1 aromatic rings. The summed E-state index contributed by atoms with van der Waals surface area (Å²) < 4.78 is 1.33. The Kier molecular flexibility index (Phi) is 5.39. The Hall–Kier alpha value is -0.910. The zero-order valence-electron chi connectivity index (χ0n) is 14.3. The van der Waals surface area contributed by atoms with Crippen LogP contribution in [0.2, 0.25) is 0 Å². The summed E-state index contributed by atoms with van der Waals surface area (Å²) in [7, 11) is 0. The summed E-state index contributed by atoms with van der Waals surface area (Å²) in [5, 5.41) is 4.62. The quantitative estimate of drug-likeness (QED) is 0.626. The number of rotatable bonds is 4. The zero-order valence-corrected chi connectivity index (χ0v) is 15.1. The van der Waals surface area contributed by atoms with E-state index in [9.17, 15) is 4.91 Å². The minimum atomic E-state index is 0.541. The zero-order chi connectivity index (χ0) is 16.3. The molecule has 1 aromatic carbocycles. The van der Waals surface area contributed by atoms with E-state index in [1.807, 2.05) is 12.1 Å². The minimum absolute atomic E-state index is 0.541. The highest BCUT2D eigenvalue weighted by Crippen LogP contribution is 2.31. The molecule has 2 saturated heterocycles. The van der Waals surface area contributed by atoms with E-state index in [0.717, 1.165) is 23.5 Å². The van der Waals surface area contributed by atoms with E-state index < -0.39 is 0 Å². The summed E-state index contributed by atoms with van der Waals surface area (Å²) in [4.78, 5) is 13.2. The lowest BCUT2D eigenvalue weighted by molar-refractivity contribution is -0.932. The minimum Gasteiger partial charge on any atom is -0.320 e. The molecule has 3 rings (SSSR count). The second kappa shape index (κ2) is 7.32. The molecule has 2 atom stereocenters. The number of hydrogen-bond donors (Lipinski definition) is 0. The van der Waals surface area contributed by atoms with Gasteiger partial charge in [0, 0.05) is 19.6 Å². The van der Waals surface area contributed by atoms with Crippen molar-refractivity contribution in [3.05, 3.63) is 34.7 Å². The molecule has 2 heterocycles. The summed E-state index contributed by atoms with van der Waals surface area (Å²) in [5.74, 6) is 0. The normalized spacial score (nSPS) is 27.9. The second-order valence-electron chi connectivity index (χ2n) is 7.26. The maximum Gasteiger partial charge on any atom is 0.108 e. The molecule has 1 spiro atoms. The van der Waals surface area contributed by atoms with Crippen molar-refractivity contribution in [3.63, 3.8) is 0 Å². The lowest BCUT2D eigenvalue weighted by Gasteiger charge is -2.50. The predicted octanol–water partition coefficient (Wildman–Crippen LogP) is 3.28. The summed E-state index contributed by atoms with van der Waals surface area (Å²) in [6.45, 7) is 13.6. The molecule has 0 amide bonds. The molecular formula is C18H28N3OS+. The van der Waals surface area contributed by atoms with Gasteiger partial charge in [0.25, 0.3) is 0 Å². The second-order valence-corrected chi connectivity index (χ2v) is 9.15. The molecule has 126 valence electrons.